The van der Waals surface area contributed by atoms with E-state index >= 15 is 0 Å². The topological polar surface area (TPSA) is 58.6 Å². The van der Waals surface area contributed by atoms with Gasteiger partial charge in [-0.2, -0.15) is 0 Å². The van der Waals surface area contributed by atoms with Crippen molar-refractivity contribution in [2.75, 3.05) is 12.4 Å². The van der Waals surface area contributed by atoms with Crippen LogP contribution in [0.1, 0.15) is 10.4 Å². The Hall–Kier alpha value is -2.63. The summed E-state index contributed by atoms with van der Waals surface area (Å²) in [5, 5.41) is 11.9. The molecular weight excluding hydrogens is 268 g/mol. The van der Waals surface area contributed by atoms with Gasteiger partial charge >= 0.3 is 0 Å². The molecule has 2 N–H and O–H groups in total. The summed E-state index contributed by atoms with van der Waals surface area (Å²) >= 11 is 0. The minimum absolute atomic E-state index is 0.0263. The van der Waals surface area contributed by atoms with Gasteiger partial charge in [-0.05, 0) is 24.3 Å². The number of hydrogen-bond donors (Lipinski definition) is 2. The van der Waals surface area contributed by atoms with Crippen LogP contribution in [0.5, 0.6) is 11.5 Å². The van der Waals surface area contributed by atoms with Crippen molar-refractivity contribution < 1.29 is 23.4 Å². The molecule has 0 aliphatic carbocycles. The Balaban J connectivity index is 2.28. The van der Waals surface area contributed by atoms with Gasteiger partial charge in [0, 0.05) is 6.07 Å². The predicted octanol–water partition coefficient (Wildman–Crippen LogP) is 2.93. The monoisotopic (exact) mass is 279 g/mol. The van der Waals surface area contributed by atoms with E-state index in [2.05, 4.69) is 5.32 Å². The van der Waals surface area contributed by atoms with Crippen LogP contribution >= 0.6 is 0 Å². The van der Waals surface area contributed by atoms with E-state index in [-0.39, 0.29) is 11.4 Å². The Bertz CT molecular complexity index is 639. The van der Waals surface area contributed by atoms with Gasteiger partial charge in [0.1, 0.15) is 28.7 Å². The molecule has 0 fully saturated rings. The molecule has 6 heteroatoms. The van der Waals surface area contributed by atoms with E-state index < -0.39 is 23.1 Å². The number of halogens is 2. The molecule has 0 aliphatic rings. The highest BCUT2D eigenvalue weighted by Crippen LogP contribution is 2.28. The zero-order valence-electron chi connectivity index (χ0n) is 10.5. The lowest BCUT2D eigenvalue weighted by Crippen LogP contribution is -2.15. The van der Waals surface area contributed by atoms with Gasteiger partial charge in [0.2, 0.25) is 0 Å². The molecule has 0 radical (unpaired) electrons. The number of nitrogens with one attached hydrogen (secondary N) is 1. The molecular formula is C14H11F2NO3. The number of phenolic OH excluding ortho intramolecular Hbond substituents is 1. The van der Waals surface area contributed by atoms with Crippen LogP contribution < -0.4 is 10.1 Å². The van der Waals surface area contributed by atoms with E-state index in [1.807, 2.05) is 0 Å². The predicted molar refractivity (Wildman–Crippen MR) is 69.0 cm³/mol. The molecule has 0 unspecified atom stereocenters. The van der Waals surface area contributed by atoms with E-state index in [9.17, 15) is 18.7 Å². The van der Waals surface area contributed by atoms with Crippen molar-refractivity contribution in [3.8, 4) is 11.5 Å². The maximum Gasteiger partial charge on any atom is 0.261 e. The van der Waals surface area contributed by atoms with Gasteiger partial charge in [-0.15, -0.1) is 0 Å². The molecule has 2 aromatic rings. The Kier molecular flexibility index (Phi) is 3.84. The summed E-state index contributed by atoms with van der Waals surface area (Å²) in [5.74, 6) is -2.82. The molecule has 4 nitrogen and oxygen atoms in total. The Morgan fingerprint density at radius 2 is 1.85 bits per heavy atom. The first-order valence-corrected chi connectivity index (χ1v) is 5.65. The molecule has 0 aliphatic heterocycles. The number of methoxy groups -OCH3 is 1. The van der Waals surface area contributed by atoms with Gasteiger partial charge in [-0.25, -0.2) is 8.78 Å². The number of aromatic hydroxyl groups is 1. The smallest absolute Gasteiger partial charge is 0.261 e. The average molecular weight is 279 g/mol. The number of hydrogen-bond acceptors (Lipinski definition) is 3. The molecule has 0 saturated carbocycles. The van der Waals surface area contributed by atoms with Crippen LogP contribution in [-0.4, -0.2) is 18.1 Å². The fraction of sp³-hybridized carbons (Fsp3) is 0.0714. The van der Waals surface area contributed by atoms with Crippen molar-refractivity contribution in [1.29, 1.82) is 0 Å². The second-order valence-corrected chi connectivity index (χ2v) is 3.93. The van der Waals surface area contributed by atoms with Crippen LogP contribution in [0.15, 0.2) is 36.4 Å². The van der Waals surface area contributed by atoms with E-state index in [1.54, 1.807) is 0 Å². The molecule has 0 spiro atoms. The molecule has 0 heterocycles. The highest BCUT2D eigenvalue weighted by Gasteiger charge is 2.18. The number of carbonyl (C=O) groups excluding carboxylic acids is 1. The Morgan fingerprint density at radius 3 is 2.40 bits per heavy atom. The van der Waals surface area contributed by atoms with Crippen molar-refractivity contribution in [2.45, 2.75) is 0 Å². The first kappa shape index (κ1) is 13.8. The van der Waals surface area contributed by atoms with Gasteiger partial charge in [-0.3, -0.25) is 4.79 Å². The molecule has 20 heavy (non-hydrogen) atoms. The first-order valence-electron chi connectivity index (χ1n) is 5.65. The van der Waals surface area contributed by atoms with Crippen LogP contribution in [0.4, 0.5) is 14.5 Å². The minimum atomic E-state index is -0.985. The molecule has 0 aromatic heterocycles. The quantitative estimate of drug-likeness (QED) is 0.849. The molecule has 1 amide bonds. The zero-order chi connectivity index (χ0) is 14.7. The SMILES string of the molecule is COc1ccc(NC(=O)c2c(F)cccc2F)c(O)c1. The lowest BCUT2D eigenvalue weighted by atomic mass is 10.1. The minimum Gasteiger partial charge on any atom is -0.506 e. The summed E-state index contributed by atoms with van der Waals surface area (Å²) < 4.78 is 31.8. The van der Waals surface area contributed by atoms with E-state index in [0.717, 1.165) is 18.2 Å². The number of carbonyl (C=O) groups is 1. The van der Waals surface area contributed by atoms with E-state index in [1.165, 1.54) is 25.3 Å². The van der Waals surface area contributed by atoms with Crippen molar-refractivity contribution in [1.82, 2.24) is 0 Å². The molecule has 2 aromatic carbocycles. The van der Waals surface area contributed by atoms with Gasteiger partial charge < -0.3 is 15.2 Å². The van der Waals surface area contributed by atoms with Gasteiger partial charge in [0.25, 0.3) is 5.91 Å². The van der Waals surface area contributed by atoms with Crippen molar-refractivity contribution in [3.05, 3.63) is 53.6 Å². The van der Waals surface area contributed by atoms with Crippen LogP contribution in [0.2, 0.25) is 0 Å². The lowest BCUT2D eigenvalue weighted by Gasteiger charge is -2.09. The second kappa shape index (κ2) is 5.56. The fourth-order valence-corrected chi connectivity index (χ4v) is 1.64. The maximum absolute atomic E-state index is 13.4. The molecule has 0 atom stereocenters. The molecule has 0 bridgehead atoms. The maximum atomic E-state index is 13.4. The highest BCUT2D eigenvalue weighted by molar-refractivity contribution is 6.05. The standard InChI is InChI=1S/C14H11F2NO3/c1-20-8-5-6-11(12(18)7-8)17-14(19)13-9(15)3-2-4-10(13)16/h2-7,18H,1H3,(H,17,19). The Labute approximate surface area is 113 Å². The van der Waals surface area contributed by atoms with Crippen LogP contribution in [-0.2, 0) is 0 Å². The molecule has 104 valence electrons. The number of rotatable bonds is 3. The number of amides is 1. The third-order valence-electron chi connectivity index (χ3n) is 2.64. The number of ether oxygens (including phenoxy) is 1. The van der Waals surface area contributed by atoms with Gasteiger partial charge in [0.15, 0.2) is 0 Å². The van der Waals surface area contributed by atoms with Crippen LogP contribution in [0.25, 0.3) is 0 Å². The van der Waals surface area contributed by atoms with E-state index in [0.29, 0.717) is 5.75 Å². The van der Waals surface area contributed by atoms with E-state index in [4.69, 9.17) is 4.74 Å². The van der Waals surface area contributed by atoms with Crippen LogP contribution in [0.3, 0.4) is 0 Å². The summed E-state index contributed by atoms with van der Waals surface area (Å²) in [4.78, 5) is 11.8. The van der Waals surface area contributed by atoms with Crippen molar-refractivity contribution in [2.24, 2.45) is 0 Å². The Morgan fingerprint density at radius 1 is 1.20 bits per heavy atom. The summed E-state index contributed by atoms with van der Waals surface area (Å²) in [6.07, 6.45) is 0. The first-order chi connectivity index (χ1) is 9.52. The highest BCUT2D eigenvalue weighted by atomic mass is 19.1. The molecule has 2 rings (SSSR count). The normalized spacial score (nSPS) is 10.2. The summed E-state index contributed by atoms with van der Waals surface area (Å²) in [6.45, 7) is 0. The molecule has 0 saturated heterocycles. The third-order valence-corrected chi connectivity index (χ3v) is 2.64. The zero-order valence-corrected chi connectivity index (χ0v) is 10.5. The van der Waals surface area contributed by atoms with Gasteiger partial charge in [-0.1, -0.05) is 6.07 Å². The van der Waals surface area contributed by atoms with Gasteiger partial charge in [0.05, 0.1) is 12.8 Å². The fourth-order valence-electron chi connectivity index (χ4n) is 1.64. The van der Waals surface area contributed by atoms with Crippen molar-refractivity contribution in [3.63, 3.8) is 0 Å². The summed E-state index contributed by atoms with van der Waals surface area (Å²) in [7, 11) is 1.42. The number of benzene rings is 2. The summed E-state index contributed by atoms with van der Waals surface area (Å²) in [6, 6.07) is 7.25. The average Bonchev–Trinajstić information content (AvgIpc) is 2.41. The van der Waals surface area contributed by atoms with Crippen molar-refractivity contribution >= 4 is 11.6 Å². The van der Waals surface area contributed by atoms with Crippen LogP contribution in [0, 0.1) is 11.6 Å². The largest absolute Gasteiger partial charge is 0.506 e. The number of phenols is 1. The summed E-state index contributed by atoms with van der Waals surface area (Å²) in [5.41, 5.74) is -0.679. The number of anilines is 1. The third kappa shape index (κ3) is 2.69. The second-order valence-electron chi connectivity index (χ2n) is 3.93. The lowest BCUT2D eigenvalue weighted by molar-refractivity contribution is 0.101.